The molecule has 4 heteroatoms. The molecule has 0 unspecified atom stereocenters. The van der Waals surface area contributed by atoms with E-state index in [1.807, 2.05) is 30.3 Å². The van der Waals surface area contributed by atoms with Crippen LogP contribution in [0.5, 0.6) is 5.75 Å². The largest absolute Gasteiger partial charge is 0.497 e. The zero-order valence-corrected chi connectivity index (χ0v) is 12.2. The molecular formula is C17H19FN2O. The van der Waals surface area contributed by atoms with Gasteiger partial charge in [-0.3, -0.25) is 0 Å². The van der Waals surface area contributed by atoms with Crippen LogP contribution in [-0.2, 0) is 6.54 Å². The second kappa shape index (κ2) is 6.79. The Kier molecular flexibility index (Phi) is 4.82. The molecule has 0 aliphatic carbocycles. The molecule has 2 rings (SSSR count). The number of halogens is 1. The molecule has 0 saturated heterocycles. The molecule has 0 aliphatic rings. The monoisotopic (exact) mass is 286 g/mol. The van der Waals surface area contributed by atoms with Crippen molar-refractivity contribution >= 4 is 11.4 Å². The molecule has 0 radical (unpaired) electrons. The van der Waals surface area contributed by atoms with Gasteiger partial charge in [-0.1, -0.05) is 18.7 Å². The van der Waals surface area contributed by atoms with Crippen molar-refractivity contribution in [3.05, 3.63) is 66.0 Å². The maximum absolute atomic E-state index is 14.0. The van der Waals surface area contributed by atoms with E-state index in [4.69, 9.17) is 4.74 Å². The molecule has 0 heterocycles. The summed E-state index contributed by atoms with van der Waals surface area (Å²) >= 11 is 0. The van der Waals surface area contributed by atoms with Crippen molar-refractivity contribution in [1.82, 2.24) is 5.32 Å². The number of nitrogens with one attached hydrogen (secondary N) is 2. The number of anilines is 1. The van der Waals surface area contributed by atoms with Gasteiger partial charge in [0.05, 0.1) is 7.11 Å². The zero-order chi connectivity index (χ0) is 15.2. The third-order valence-electron chi connectivity index (χ3n) is 3.25. The van der Waals surface area contributed by atoms with Crippen LogP contribution in [0.15, 0.2) is 49.0 Å². The standard InChI is InChI=1S/C17H19FN2O/c1-12(19-2)16-9-6-14(10-17(16)18)20-11-13-4-7-15(21-3)8-5-13/h4-10,19-20H,1,11H2,2-3H3. The quantitative estimate of drug-likeness (QED) is 0.850. The predicted octanol–water partition coefficient (Wildman–Crippen LogP) is 3.64. The van der Waals surface area contributed by atoms with Crippen molar-refractivity contribution in [2.24, 2.45) is 0 Å². The number of benzene rings is 2. The zero-order valence-electron chi connectivity index (χ0n) is 12.2. The molecule has 0 spiro atoms. The van der Waals surface area contributed by atoms with Crippen molar-refractivity contribution in [3.8, 4) is 5.75 Å². The summed E-state index contributed by atoms with van der Waals surface area (Å²) in [5.74, 6) is 0.522. The average Bonchev–Trinajstić information content (AvgIpc) is 2.52. The molecule has 2 N–H and O–H groups in total. The second-order valence-corrected chi connectivity index (χ2v) is 4.62. The van der Waals surface area contributed by atoms with Crippen LogP contribution in [-0.4, -0.2) is 14.2 Å². The number of hydrogen-bond acceptors (Lipinski definition) is 3. The van der Waals surface area contributed by atoms with Gasteiger partial charge in [-0.2, -0.15) is 0 Å². The van der Waals surface area contributed by atoms with Crippen LogP contribution < -0.4 is 15.4 Å². The minimum Gasteiger partial charge on any atom is -0.497 e. The van der Waals surface area contributed by atoms with E-state index < -0.39 is 0 Å². The maximum atomic E-state index is 14.0. The molecule has 0 fully saturated rings. The van der Waals surface area contributed by atoms with Gasteiger partial charge < -0.3 is 15.4 Å². The fourth-order valence-electron chi connectivity index (χ4n) is 1.95. The molecule has 3 nitrogen and oxygen atoms in total. The van der Waals surface area contributed by atoms with E-state index in [-0.39, 0.29) is 5.82 Å². The number of methoxy groups -OCH3 is 1. The van der Waals surface area contributed by atoms with Crippen LogP contribution in [0.2, 0.25) is 0 Å². The Bertz CT molecular complexity index is 623. The molecule has 0 saturated carbocycles. The third kappa shape index (κ3) is 3.75. The molecule has 21 heavy (non-hydrogen) atoms. The summed E-state index contributed by atoms with van der Waals surface area (Å²) in [6.45, 7) is 4.38. The van der Waals surface area contributed by atoms with Crippen LogP contribution in [0, 0.1) is 5.82 Å². The average molecular weight is 286 g/mol. The molecule has 2 aromatic carbocycles. The fraction of sp³-hybridized carbons (Fsp3) is 0.176. The van der Waals surface area contributed by atoms with E-state index in [1.54, 1.807) is 20.2 Å². The Labute approximate surface area is 124 Å². The van der Waals surface area contributed by atoms with E-state index in [2.05, 4.69) is 17.2 Å². The first kappa shape index (κ1) is 14.9. The third-order valence-corrected chi connectivity index (χ3v) is 3.25. The Morgan fingerprint density at radius 1 is 1.19 bits per heavy atom. The van der Waals surface area contributed by atoms with Gasteiger partial charge in [-0.15, -0.1) is 0 Å². The fourth-order valence-corrected chi connectivity index (χ4v) is 1.95. The Balaban J connectivity index is 2.03. The first-order valence-corrected chi connectivity index (χ1v) is 6.67. The van der Waals surface area contributed by atoms with Crippen LogP contribution >= 0.6 is 0 Å². The van der Waals surface area contributed by atoms with Crippen LogP contribution in [0.25, 0.3) is 5.70 Å². The van der Waals surface area contributed by atoms with E-state index in [9.17, 15) is 4.39 Å². The number of hydrogen-bond donors (Lipinski definition) is 2. The van der Waals surface area contributed by atoms with Gasteiger partial charge in [-0.25, -0.2) is 4.39 Å². The summed E-state index contributed by atoms with van der Waals surface area (Å²) in [6.07, 6.45) is 0. The summed E-state index contributed by atoms with van der Waals surface area (Å²) in [4.78, 5) is 0. The van der Waals surface area contributed by atoms with Gasteiger partial charge in [0.2, 0.25) is 0 Å². The second-order valence-electron chi connectivity index (χ2n) is 4.62. The highest BCUT2D eigenvalue weighted by Crippen LogP contribution is 2.20. The summed E-state index contributed by atoms with van der Waals surface area (Å²) in [6, 6.07) is 12.8. The lowest BCUT2D eigenvalue weighted by molar-refractivity contribution is 0.414. The highest BCUT2D eigenvalue weighted by molar-refractivity contribution is 5.64. The van der Waals surface area contributed by atoms with E-state index in [0.29, 0.717) is 17.8 Å². The van der Waals surface area contributed by atoms with Gasteiger partial charge >= 0.3 is 0 Å². The van der Waals surface area contributed by atoms with Crippen LogP contribution in [0.3, 0.4) is 0 Å². The highest BCUT2D eigenvalue weighted by Gasteiger charge is 2.06. The molecular weight excluding hydrogens is 267 g/mol. The molecule has 0 aromatic heterocycles. The smallest absolute Gasteiger partial charge is 0.134 e. The van der Waals surface area contributed by atoms with Gasteiger partial charge in [0, 0.05) is 30.5 Å². The topological polar surface area (TPSA) is 33.3 Å². The van der Waals surface area contributed by atoms with Gasteiger partial charge in [0.15, 0.2) is 0 Å². The van der Waals surface area contributed by atoms with Crippen molar-refractivity contribution in [2.75, 3.05) is 19.5 Å². The van der Waals surface area contributed by atoms with Crippen LogP contribution in [0.1, 0.15) is 11.1 Å². The summed E-state index contributed by atoms with van der Waals surface area (Å²) in [7, 11) is 3.36. The Morgan fingerprint density at radius 3 is 2.48 bits per heavy atom. The maximum Gasteiger partial charge on any atom is 0.134 e. The van der Waals surface area contributed by atoms with Crippen molar-refractivity contribution in [1.29, 1.82) is 0 Å². The predicted molar refractivity (Wildman–Crippen MR) is 84.8 cm³/mol. The number of rotatable bonds is 6. The van der Waals surface area contributed by atoms with Crippen LogP contribution in [0.4, 0.5) is 10.1 Å². The molecule has 110 valence electrons. The number of ether oxygens (including phenoxy) is 1. The normalized spacial score (nSPS) is 10.0. The molecule has 0 atom stereocenters. The van der Waals surface area contributed by atoms with Gasteiger partial charge in [0.1, 0.15) is 11.6 Å². The molecule has 0 bridgehead atoms. The lowest BCUT2D eigenvalue weighted by atomic mass is 10.1. The minimum atomic E-state index is -0.297. The molecule has 0 amide bonds. The van der Waals surface area contributed by atoms with E-state index in [1.165, 1.54) is 6.07 Å². The molecule has 2 aromatic rings. The van der Waals surface area contributed by atoms with Crippen molar-refractivity contribution < 1.29 is 9.13 Å². The summed E-state index contributed by atoms with van der Waals surface area (Å²) < 4.78 is 19.1. The van der Waals surface area contributed by atoms with E-state index in [0.717, 1.165) is 17.0 Å². The lowest BCUT2D eigenvalue weighted by Crippen LogP contribution is -2.06. The van der Waals surface area contributed by atoms with Crippen molar-refractivity contribution in [3.63, 3.8) is 0 Å². The first-order valence-electron chi connectivity index (χ1n) is 6.67. The van der Waals surface area contributed by atoms with Gasteiger partial charge in [0.25, 0.3) is 0 Å². The lowest BCUT2D eigenvalue weighted by Gasteiger charge is -2.10. The molecule has 0 aliphatic heterocycles. The Morgan fingerprint density at radius 2 is 1.90 bits per heavy atom. The minimum absolute atomic E-state index is 0.297. The highest BCUT2D eigenvalue weighted by atomic mass is 19.1. The van der Waals surface area contributed by atoms with E-state index >= 15 is 0 Å². The SMILES string of the molecule is C=C(NC)c1ccc(NCc2ccc(OC)cc2)cc1F. The van der Waals surface area contributed by atoms with Crippen molar-refractivity contribution in [2.45, 2.75) is 6.54 Å². The summed E-state index contributed by atoms with van der Waals surface area (Å²) in [5, 5.41) is 6.04. The Hall–Kier alpha value is -2.49. The summed E-state index contributed by atoms with van der Waals surface area (Å²) in [5.41, 5.74) is 2.87. The first-order chi connectivity index (χ1) is 10.1. The van der Waals surface area contributed by atoms with Gasteiger partial charge in [-0.05, 0) is 35.9 Å².